The van der Waals surface area contributed by atoms with Crippen LogP contribution in [0, 0.1) is 12.7 Å². The highest BCUT2D eigenvalue weighted by Gasteiger charge is 2.27. The first-order valence-electron chi connectivity index (χ1n) is 6.61. The van der Waals surface area contributed by atoms with Crippen LogP contribution in [-0.4, -0.2) is 21.0 Å². The average Bonchev–Trinajstić information content (AvgIpc) is 3.25. The zero-order valence-corrected chi connectivity index (χ0v) is 11.3. The largest absolute Gasteiger partial charge is 0.478 e. The normalized spacial score (nSPS) is 14.2. The molecule has 108 valence electrons. The number of H-pyrrole nitrogens is 1. The first-order valence-corrected chi connectivity index (χ1v) is 6.61. The van der Waals surface area contributed by atoms with Crippen LogP contribution in [0.3, 0.4) is 0 Å². The zero-order chi connectivity index (χ0) is 15.1. The molecule has 0 bridgehead atoms. The Hall–Kier alpha value is -2.50. The van der Waals surface area contributed by atoms with Gasteiger partial charge < -0.3 is 10.1 Å². The highest BCUT2D eigenvalue weighted by atomic mass is 19.1. The quantitative estimate of drug-likeness (QED) is 0.908. The number of aromatic nitrogens is 2. The molecule has 1 heterocycles. The lowest BCUT2D eigenvalue weighted by atomic mass is 10.0. The van der Waals surface area contributed by atoms with Gasteiger partial charge in [0.2, 0.25) is 0 Å². The second kappa shape index (κ2) is 4.80. The Labute approximate surface area is 119 Å². The summed E-state index contributed by atoms with van der Waals surface area (Å²) in [5.41, 5.74) is 0.546. The molecule has 0 aliphatic heterocycles. The van der Waals surface area contributed by atoms with E-state index in [0.29, 0.717) is 22.6 Å². The van der Waals surface area contributed by atoms with Crippen LogP contribution in [0.2, 0.25) is 0 Å². The summed E-state index contributed by atoms with van der Waals surface area (Å²) in [6.07, 6.45) is 1.93. The molecule has 1 aliphatic carbocycles. The van der Waals surface area contributed by atoms with Crippen molar-refractivity contribution < 1.29 is 14.3 Å². The van der Waals surface area contributed by atoms with E-state index in [2.05, 4.69) is 9.97 Å². The number of nitrogens with one attached hydrogen (secondary N) is 1. The van der Waals surface area contributed by atoms with E-state index in [-0.39, 0.29) is 17.0 Å². The maximum atomic E-state index is 13.6. The molecule has 1 fully saturated rings. The summed E-state index contributed by atoms with van der Waals surface area (Å²) in [7, 11) is 0. The molecule has 1 aromatic heterocycles. The summed E-state index contributed by atoms with van der Waals surface area (Å²) >= 11 is 0. The van der Waals surface area contributed by atoms with Crippen molar-refractivity contribution in [1.82, 2.24) is 9.97 Å². The summed E-state index contributed by atoms with van der Waals surface area (Å²) in [6, 6.07) is 3.46. The predicted octanol–water partition coefficient (Wildman–Crippen LogP) is 2.46. The van der Waals surface area contributed by atoms with Crippen molar-refractivity contribution >= 4 is 5.97 Å². The molecule has 1 saturated carbocycles. The van der Waals surface area contributed by atoms with E-state index < -0.39 is 11.8 Å². The first-order chi connectivity index (χ1) is 9.95. The van der Waals surface area contributed by atoms with Gasteiger partial charge in [-0.1, -0.05) is 0 Å². The van der Waals surface area contributed by atoms with Gasteiger partial charge in [0.1, 0.15) is 11.6 Å². The van der Waals surface area contributed by atoms with E-state index in [1.807, 2.05) is 0 Å². The Balaban J connectivity index is 2.20. The second-order valence-electron chi connectivity index (χ2n) is 5.23. The molecule has 2 N–H and O–H groups in total. The molecular formula is C15H13FN2O3. The molecule has 5 nitrogen and oxygen atoms in total. The molecule has 0 unspecified atom stereocenters. The highest BCUT2D eigenvalue weighted by Crippen LogP contribution is 2.38. The minimum absolute atomic E-state index is 0.167. The van der Waals surface area contributed by atoms with E-state index in [0.717, 1.165) is 18.9 Å². The Kier molecular flexibility index (Phi) is 3.08. The molecule has 0 atom stereocenters. The van der Waals surface area contributed by atoms with Crippen LogP contribution in [-0.2, 0) is 0 Å². The van der Waals surface area contributed by atoms with Crippen LogP contribution in [0.15, 0.2) is 23.0 Å². The monoisotopic (exact) mass is 288 g/mol. The van der Waals surface area contributed by atoms with Gasteiger partial charge in [0.15, 0.2) is 0 Å². The lowest BCUT2D eigenvalue weighted by Gasteiger charge is -2.08. The molecule has 0 saturated heterocycles. The van der Waals surface area contributed by atoms with E-state index in [1.54, 1.807) is 6.92 Å². The van der Waals surface area contributed by atoms with Gasteiger partial charge in [0.25, 0.3) is 5.56 Å². The highest BCUT2D eigenvalue weighted by molar-refractivity contribution is 5.89. The number of halogens is 1. The summed E-state index contributed by atoms with van der Waals surface area (Å²) in [6.45, 7) is 1.59. The van der Waals surface area contributed by atoms with Crippen LogP contribution >= 0.6 is 0 Å². The van der Waals surface area contributed by atoms with E-state index in [4.69, 9.17) is 5.11 Å². The number of carboxylic acids is 1. The Morgan fingerprint density at radius 2 is 2.10 bits per heavy atom. The maximum Gasteiger partial charge on any atom is 0.335 e. The Morgan fingerprint density at radius 1 is 1.38 bits per heavy atom. The van der Waals surface area contributed by atoms with Gasteiger partial charge in [-0.15, -0.1) is 0 Å². The Bertz CT molecular complexity index is 794. The predicted molar refractivity (Wildman–Crippen MR) is 73.9 cm³/mol. The van der Waals surface area contributed by atoms with E-state index >= 15 is 0 Å². The lowest BCUT2D eigenvalue weighted by molar-refractivity contribution is 0.0696. The number of aromatic amines is 1. The summed E-state index contributed by atoms with van der Waals surface area (Å²) in [5.74, 6) is -1.06. The van der Waals surface area contributed by atoms with Crippen molar-refractivity contribution in [2.75, 3.05) is 0 Å². The number of carbonyl (C=O) groups is 1. The van der Waals surface area contributed by atoms with Gasteiger partial charge >= 0.3 is 5.97 Å². The van der Waals surface area contributed by atoms with Crippen LogP contribution in [0.5, 0.6) is 0 Å². The molecule has 1 aliphatic rings. The van der Waals surface area contributed by atoms with Gasteiger partial charge in [-0.25, -0.2) is 14.2 Å². The van der Waals surface area contributed by atoms with Crippen molar-refractivity contribution in [3.8, 4) is 11.3 Å². The standard InChI is InChI=1S/C15H13FN2O3/c1-7-12(17-13(8-2-3-8)18-14(7)19)9-4-10(15(20)21)6-11(16)5-9/h4-6,8H,2-3H2,1H3,(H,20,21)(H,17,18,19). The minimum atomic E-state index is -1.22. The van der Waals surface area contributed by atoms with Crippen molar-refractivity contribution in [2.45, 2.75) is 25.7 Å². The fraction of sp³-hybridized carbons (Fsp3) is 0.267. The van der Waals surface area contributed by atoms with Crippen LogP contribution in [0.1, 0.15) is 40.5 Å². The van der Waals surface area contributed by atoms with Crippen LogP contribution in [0.4, 0.5) is 4.39 Å². The summed E-state index contributed by atoms with van der Waals surface area (Å²) in [4.78, 5) is 30.1. The third-order valence-corrected chi connectivity index (χ3v) is 3.55. The second-order valence-corrected chi connectivity index (χ2v) is 5.23. The fourth-order valence-electron chi connectivity index (χ4n) is 2.23. The fourth-order valence-corrected chi connectivity index (χ4v) is 2.23. The molecule has 3 rings (SSSR count). The number of nitrogens with zero attached hydrogens (tertiary/aromatic N) is 1. The van der Waals surface area contributed by atoms with Crippen molar-refractivity contribution in [1.29, 1.82) is 0 Å². The SMILES string of the molecule is Cc1c(-c2cc(F)cc(C(=O)O)c2)nc(C2CC2)[nH]c1=O. The third kappa shape index (κ3) is 2.56. The molecule has 2 aromatic rings. The average molecular weight is 288 g/mol. The maximum absolute atomic E-state index is 13.6. The first kappa shape index (κ1) is 13.5. The van der Waals surface area contributed by atoms with Gasteiger partial charge in [-0.05, 0) is 38.0 Å². The lowest BCUT2D eigenvalue weighted by Crippen LogP contribution is -2.16. The molecule has 0 radical (unpaired) electrons. The number of benzene rings is 1. The molecule has 6 heteroatoms. The smallest absolute Gasteiger partial charge is 0.335 e. The molecule has 0 amide bonds. The minimum Gasteiger partial charge on any atom is -0.478 e. The van der Waals surface area contributed by atoms with E-state index in [1.165, 1.54) is 12.1 Å². The molecular weight excluding hydrogens is 275 g/mol. The van der Waals surface area contributed by atoms with Gasteiger partial charge in [-0.3, -0.25) is 4.79 Å². The number of hydrogen-bond acceptors (Lipinski definition) is 3. The summed E-state index contributed by atoms with van der Waals surface area (Å²) in [5, 5.41) is 9.00. The topological polar surface area (TPSA) is 83.0 Å². The van der Waals surface area contributed by atoms with Crippen molar-refractivity contribution in [3.63, 3.8) is 0 Å². The van der Waals surface area contributed by atoms with Crippen LogP contribution < -0.4 is 5.56 Å². The Morgan fingerprint density at radius 3 is 2.71 bits per heavy atom. The third-order valence-electron chi connectivity index (χ3n) is 3.55. The number of rotatable bonds is 3. The van der Waals surface area contributed by atoms with Gasteiger partial charge in [-0.2, -0.15) is 0 Å². The van der Waals surface area contributed by atoms with Crippen LogP contribution in [0.25, 0.3) is 11.3 Å². The molecule has 1 aromatic carbocycles. The molecule has 0 spiro atoms. The number of carboxylic acid groups (broad SMARTS) is 1. The number of hydrogen-bond donors (Lipinski definition) is 2. The zero-order valence-electron chi connectivity index (χ0n) is 11.3. The van der Waals surface area contributed by atoms with Gasteiger partial charge in [0, 0.05) is 17.0 Å². The van der Waals surface area contributed by atoms with Crippen molar-refractivity contribution in [3.05, 3.63) is 51.3 Å². The molecule has 21 heavy (non-hydrogen) atoms. The van der Waals surface area contributed by atoms with E-state index in [9.17, 15) is 14.0 Å². The van der Waals surface area contributed by atoms with Gasteiger partial charge in [0.05, 0.1) is 11.3 Å². The number of aromatic carboxylic acids is 1. The summed E-state index contributed by atoms with van der Waals surface area (Å²) < 4.78 is 13.6. The van der Waals surface area contributed by atoms with Crippen molar-refractivity contribution in [2.24, 2.45) is 0 Å².